The fourth-order valence-electron chi connectivity index (χ4n) is 1.90. The van der Waals surface area contributed by atoms with Crippen LogP contribution in [0.5, 0.6) is 5.75 Å². The van der Waals surface area contributed by atoms with Crippen LogP contribution in [0.2, 0.25) is 5.02 Å². The number of benzene rings is 1. The van der Waals surface area contributed by atoms with Gasteiger partial charge in [-0.1, -0.05) is 24.6 Å². The highest BCUT2D eigenvalue weighted by Crippen LogP contribution is 2.26. The summed E-state index contributed by atoms with van der Waals surface area (Å²) in [6.07, 6.45) is 3.63. The summed E-state index contributed by atoms with van der Waals surface area (Å²) in [6, 6.07) is 7.94. The highest BCUT2D eigenvalue weighted by atomic mass is 35.5. The zero-order valence-corrected chi connectivity index (χ0v) is 12.6. The molecule has 0 unspecified atom stereocenters. The summed E-state index contributed by atoms with van der Waals surface area (Å²) < 4.78 is 5.74. The Bertz CT molecular complexity index is 572. The molecule has 20 heavy (non-hydrogen) atoms. The van der Waals surface area contributed by atoms with Gasteiger partial charge >= 0.3 is 0 Å². The molecule has 1 N–H and O–H groups in total. The zero-order valence-electron chi connectivity index (χ0n) is 11.8. The van der Waals surface area contributed by atoms with Crippen LogP contribution >= 0.6 is 11.6 Å². The van der Waals surface area contributed by atoms with Gasteiger partial charge in [0.2, 0.25) is 0 Å². The van der Waals surface area contributed by atoms with Crippen LogP contribution < -0.4 is 10.1 Å². The molecular formula is C16H19ClN2O. The number of ether oxygens (including phenoxy) is 1. The number of rotatable bonds is 6. The van der Waals surface area contributed by atoms with E-state index in [9.17, 15) is 0 Å². The minimum Gasteiger partial charge on any atom is -0.487 e. The van der Waals surface area contributed by atoms with Crippen LogP contribution in [0.3, 0.4) is 0 Å². The van der Waals surface area contributed by atoms with Crippen LogP contribution in [0, 0.1) is 6.92 Å². The van der Waals surface area contributed by atoms with Crippen molar-refractivity contribution in [1.29, 1.82) is 0 Å². The molecule has 0 amide bonds. The SMILES string of the molecule is CCNCc1ccc(OCc2cncc(C)c2)c(Cl)c1. The maximum atomic E-state index is 6.24. The molecule has 0 saturated heterocycles. The number of nitrogens with zero attached hydrogens (tertiary/aromatic N) is 1. The second-order valence-corrected chi connectivity index (χ2v) is 5.11. The van der Waals surface area contributed by atoms with Gasteiger partial charge < -0.3 is 10.1 Å². The summed E-state index contributed by atoms with van der Waals surface area (Å²) in [7, 11) is 0. The van der Waals surface area contributed by atoms with Crippen LogP contribution in [-0.2, 0) is 13.2 Å². The normalized spacial score (nSPS) is 10.6. The van der Waals surface area contributed by atoms with E-state index >= 15 is 0 Å². The lowest BCUT2D eigenvalue weighted by molar-refractivity contribution is 0.306. The number of aromatic nitrogens is 1. The molecule has 1 aromatic heterocycles. The van der Waals surface area contributed by atoms with Crippen LogP contribution in [-0.4, -0.2) is 11.5 Å². The van der Waals surface area contributed by atoms with E-state index in [1.54, 1.807) is 6.20 Å². The van der Waals surface area contributed by atoms with Crippen LogP contribution in [0.1, 0.15) is 23.6 Å². The van der Waals surface area contributed by atoms with Crippen molar-refractivity contribution in [1.82, 2.24) is 10.3 Å². The molecule has 0 spiro atoms. The number of hydrogen-bond donors (Lipinski definition) is 1. The van der Waals surface area contributed by atoms with E-state index in [4.69, 9.17) is 16.3 Å². The monoisotopic (exact) mass is 290 g/mol. The van der Waals surface area contributed by atoms with Gasteiger partial charge in [-0.3, -0.25) is 4.98 Å². The molecule has 0 saturated carbocycles. The summed E-state index contributed by atoms with van der Waals surface area (Å²) in [6.45, 7) is 6.32. The number of pyridine rings is 1. The Kier molecular flexibility index (Phi) is 5.39. The zero-order chi connectivity index (χ0) is 14.4. The van der Waals surface area contributed by atoms with Gasteiger partial charge in [0.1, 0.15) is 12.4 Å². The lowest BCUT2D eigenvalue weighted by atomic mass is 10.2. The van der Waals surface area contributed by atoms with Crippen molar-refractivity contribution in [2.45, 2.75) is 27.0 Å². The summed E-state index contributed by atoms with van der Waals surface area (Å²) in [5, 5.41) is 3.91. The standard InChI is InChI=1S/C16H19ClN2O/c1-3-18-9-13-4-5-16(15(17)7-13)20-11-14-6-12(2)8-19-10-14/h4-8,10,18H,3,9,11H2,1-2H3. The fraction of sp³-hybridized carbons (Fsp3) is 0.312. The van der Waals surface area contributed by atoms with Gasteiger partial charge in [-0.25, -0.2) is 0 Å². The van der Waals surface area contributed by atoms with Crippen molar-refractivity contribution in [2.24, 2.45) is 0 Å². The molecule has 106 valence electrons. The van der Waals surface area contributed by atoms with Crippen molar-refractivity contribution in [3.63, 3.8) is 0 Å². The Labute approximate surface area is 124 Å². The first-order valence-corrected chi connectivity index (χ1v) is 7.09. The molecule has 2 rings (SSSR count). The fourth-order valence-corrected chi connectivity index (χ4v) is 2.16. The molecule has 3 nitrogen and oxygen atoms in total. The molecular weight excluding hydrogens is 272 g/mol. The van der Waals surface area contributed by atoms with Gasteiger partial charge in [-0.2, -0.15) is 0 Å². The minimum absolute atomic E-state index is 0.473. The average molecular weight is 291 g/mol. The highest BCUT2D eigenvalue weighted by Gasteiger charge is 2.04. The van der Waals surface area contributed by atoms with Gasteiger partial charge in [0.25, 0.3) is 0 Å². The van der Waals surface area contributed by atoms with Crippen LogP contribution in [0.4, 0.5) is 0 Å². The Morgan fingerprint density at radius 3 is 2.75 bits per heavy atom. The van der Waals surface area contributed by atoms with Gasteiger partial charge in [0, 0.05) is 24.5 Å². The Morgan fingerprint density at radius 1 is 1.20 bits per heavy atom. The molecule has 1 heterocycles. The maximum Gasteiger partial charge on any atom is 0.138 e. The van der Waals surface area contributed by atoms with Crippen molar-refractivity contribution >= 4 is 11.6 Å². The minimum atomic E-state index is 0.473. The van der Waals surface area contributed by atoms with E-state index < -0.39 is 0 Å². The van der Waals surface area contributed by atoms with E-state index in [2.05, 4.69) is 23.3 Å². The van der Waals surface area contributed by atoms with Gasteiger partial charge in [0.15, 0.2) is 0 Å². The summed E-state index contributed by atoms with van der Waals surface area (Å²) in [5.41, 5.74) is 3.32. The summed E-state index contributed by atoms with van der Waals surface area (Å²) in [4.78, 5) is 4.15. The third kappa shape index (κ3) is 4.22. The van der Waals surface area contributed by atoms with E-state index in [0.29, 0.717) is 17.4 Å². The lowest BCUT2D eigenvalue weighted by Crippen LogP contribution is -2.11. The first-order chi connectivity index (χ1) is 9.69. The molecule has 1 aromatic carbocycles. The van der Waals surface area contributed by atoms with E-state index in [1.165, 1.54) is 0 Å². The Morgan fingerprint density at radius 2 is 2.05 bits per heavy atom. The predicted molar refractivity (Wildman–Crippen MR) is 82.1 cm³/mol. The summed E-state index contributed by atoms with van der Waals surface area (Å²) >= 11 is 6.24. The molecule has 0 radical (unpaired) electrons. The maximum absolute atomic E-state index is 6.24. The third-order valence-electron chi connectivity index (χ3n) is 2.90. The van der Waals surface area contributed by atoms with E-state index in [-0.39, 0.29) is 0 Å². The number of halogens is 1. The first-order valence-electron chi connectivity index (χ1n) is 6.71. The van der Waals surface area contributed by atoms with Gasteiger partial charge in [0.05, 0.1) is 5.02 Å². The second-order valence-electron chi connectivity index (χ2n) is 4.70. The van der Waals surface area contributed by atoms with Crippen molar-refractivity contribution in [2.75, 3.05) is 6.54 Å². The van der Waals surface area contributed by atoms with Crippen molar-refractivity contribution < 1.29 is 4.74 Å². The van der Waals surface area contributed by atoms with Crippen LogP contribution in [0.15, 0.2) is 36.7 Å². The molecule has 0 aliphatic heterocycles. The number of aryl methyl sites for hydroxylation is 1. The molecule has 0 aliphatic carbocycles. The number of hydrogen-bond acceptors (Lipinski definition) is 3. The van der Waals surface area contributed by atoms with E-state index in [0.717, 1.165) is 29.8 Å². The van der Waals surface area contributed by atoms with Crippen molar-refractivity contribution in [3.8, 4) is 5.75 Å². The molecule has 0 fully saturated rings. The second kappa shape index (κ2) is 7.27. The highest BCUT2D eigenvalue weighted by molar-refractivity contribution is 6.32. The Balaban J connectivity index is 1.99. The molecule has 4 heteroatoms. The predicted octanol–water partition coefficient (Wildman–Crippen LogP) is 3.73. The number of nitrogens with one attached hydrogen (secondary N) is 1. The van der Waals surface area contributed by atoms with Crippen LogP contribution in [0.25, 0.3) is 0 Å². The Hall–Kier alpha value is -1.58. The van der Waals surface area contributed by atoms with E-state index in [1.807, 2.05) is 31.3 Å². The molecule has 0 bridgehead atoms. The quantitative estimate of drug-likeness (QED) is 0.880. The van der Waals surface area contributed by atoms with Crippen molar-refractivity contribution in [3.05, 3.63) is 58.4 Å². The molecule has 2 aromatic rings. The average Bonchev–Trinajstić information content (AvgIpc) is 2.44. The smallest absolute Gasteiger partial charge is 0.138 e. The molecule has 0 atom stereocenters. The topological polar surface area (TPSA) is 34.1 Å². The largest absolute Gasteiger partial charge is 0.487 e. The van der Waals surface area contributed by atoms with Gasteiger partial charge in [-0.15, -0.1) is 0 Å². The van der Waals surface area contributed by atoms with Gasteiger partial charge in [-0.05, 0) is 42.8 Å². The summed E-state index contributed by atoms with van der Waals surface area (Å²) in [5.74, 6) is 0.702. The first kappa shape index (κ1) is 14.8. The molecule has 0 aliphatic rings. The third-order valence-corrected chi connectivity index (χ3v) is 3.20. The lowest BCUT2D eigenvalue weighted by Gasteiger charge is -2.10.